The molecule has 1 aromatic heterocycles. The van der Waals surface area contributed by atoms with E-state index in [2.05, 4.69) is 10.3 Å². The second-order valence-corrected chi connectivity index (χ2v) is 6.98. The van der Waals surface area contributed by atoms with Gasteiger partial charge in [-0.25, -0.2) is 9.78 Å². The number of ether oxygens (including phenoxy) is 1. The molecule has 23 heavy (non-hydrogen) atoms. The largest absolute Gasteiger partial charge is 0.416 e. The van der Waals surface area contributed by atoms with Crippen molar-refractivity contribution in [2.75, 3.05) is 13.1 Å². The van der Waals surface area contributed by atoms with Crippen LogP contribution >= 0.6 is 11.3 Å². The van der Waals surface area contributed by atoms with E-state index in [-0.39, 0.29) is 13.1 Å². The molecule has 1 fully saturated rings. The van der Waals surface area contributed by atoms with E-state index in [0.29, 0.717) is 5.69 Å². The van der Waals surface area contributed by atoms with Crippen LogP contribution < -0.4 is 5.32 Å². The van der Waals surface area contributed by atoms with Crippen molar-refractivity contribution >= 4 is 17.4 Å². The molecule has 1 aromatic rings. The number of carbonyl (C=O) groups is 1. The number of nitrogens with one attached hydrogen (secondary N) is 1. The number of thiazole rings is 1. The van der Waals surface area contributed by atoms with Crippen molar-refractivity contribution in [1.29, 1.82) is 0 Å². The van der Waals surface area contributed by atoms with Crippen LogP contribution in [0.3, 0.4) is 0 Å². The molecule has 1 atom stereocenters. The average Bonchev–Trinajstić information content (AvgIpc) is 2.90. The van der Waals surface area contributed by atoms with E-state index in [1.807, 2.05) is 12.3 Å². The van der Waals surface area contributed by atoms with Gasteiger partial charge in [0.2, 0.25) is 0 Å². The number of halogens is 3. The highest BCUT2D eigenvalue weighted by atomic mass is 32.1. The average molecular weight is 351 g/mol. The Morgan fingerprint density at radius 2 is 2.26 bits per heavy atom. The number of hydrogen-bond donors (Lipinski definition) is 1. The molecule has 1 aliphatic heterocycles. The lowest BCUT2D eigenvalue weighted by molar-refractivity contribution is -0.267. The van der Waals surface area contributed by atoms with Gasteiger partial charge in [0.05, 0.1) is 35.9 Å². The van der Waals surface area contributed by atoms with Crippen LogP contribution in [0.5, 0.6) is 0 Å². The minimum absolute atomic E-state index is 0.0999. The summed E-state index contributed by atoms with van der Waals surface area (Å²) in [6.07, 6.45) is -5.66. The zero-order valence-electron chi connectivity index (χ0n) is 13.2. The summed E-state index contributed by atoms with van der Waals surface area (Å²) in [5, 5.41) is 5.42. The Labute approximate surface area is 136 Å². The van der Waals surface area contributed by atoms with Gasteiger partial charge in [0, 0.05) is 5.38 Å². The lowest BCUT2D eigenvalue weighted by atomic mass is 10.1. The molecule has 0 radical (unpaired) electrons. The fraction of sp³-hybridized carbons (Fsp3) is 0.714. The molecule has 5 nitrogen and oxygen atoms in total. The lowest BCUT2D eigenvalue weighted by Gasteiger charge is -2.43. The van der Waals surface area contributed by atoms with Crippen LogP contribution in [0, 0.1) is 0 Å². The second-order valence-electron chi connectivity index (χ2n) is 6.03. The van der Waals surface area contributed by atoms with Crippen molar-refractivity contribution in [3.8, 4) is 0 Å². The maximum absolute atomic E-state index is 12.9. The van der Waals surface area contributed by atoms with E-state index in [1.54, 1.807) is 13.8 Å². The molecule has 1 aliphatic rings. The molecular formula is C14H20F3N3O2S. The van der Waals surface area contributed by atoms with Crippen LogP contribution in [0.2, 0.25) is 0 Å². The zero-order valence-corrected chi connectivity index (χ0v) is 14.1. The number of aryl methyl sites for hydroxylation is 1. The van der Waals surface area contributed by atoms with Gasteiger partial charge < -0.3 is 15.0 Å². The van der Waals surface area contributed by atoms with E-state index in [4.69, 9.17) is 4.74 Å². The molecule has 0 aromatic carbocycles. The van der Waals surface area contributed by atoms with Gasteiger partial charge in [0.15, 0.2) is 6.10 Å². The highest BCUT2D eigenvalue weighted by molar-refractivity contribution is 7.09. The summed E-state index contributed by atoms with van der Waals surface area (Å²) in [7, 11) is 0. The van der Waals surface area contributed by atoms with Gasteiger partial charge in [-0.15, -0.1) is 11.3 Å². The van der Waals surface area contributed by atoms with Gasteiger partial charge >= 0.3 is 12.2 Å². The first kappa shape index (κ1) is 18.0. The van der Waals surface area contributed by atoms with E-state index in [0.717, 1.165) is 16.3 Å². The quantitative estimate of drug-likeness (QED) is 0.911. The summed E-state index contributed by atoms with van der Waals surface area (Å²) >= 11 is 1.50. The van der Waals surface area contributed by atoms with E-state index >= 15 is 0 Å². The zero-order chi connectivity index (χ0) is 17.3. The SMILES string of the molecule is CCc1nc(CNC(=O)N2CC(C(F)(F)F)OC(C)(C)C2)cs1. The minimum Gasteiger partial charge on any atom is -0.359 e. The Kier molecular flexibility index (Phi) is 5.20. The second kappa shape index (κ2) is 6.64. The predicted octanol–water partition coefficient (Wildman–Crippen LogP) is 2.96. The van der Waals surface area contributed by atoms with Gasteiger partial charge in [-0.2, -0.15) is 13.2 Å². The standard InChI is InChI=1S/C14H20F3N3O2S/c1-4-11-19-9(7-23-11)5-18-12(21)20-6-10(14(15,16)17)22-13(2,3)8-20/h7,10H,4-6,8H2,1-3H3,(H,18,21). The third-order valence-electron chi connectivity index (χ3n) is 3.39. The van der Waals surface area contributed by atoms with Gasteiger partial charge in [-0.1, -0.05) is 6.92 Å². The van der Waals surface area contributed by atoms with Crippen LogP contribution in [-0.2, 0) is 17.7 Å². The Balaban J connectivity index is 1.97. The monoisotopic (exact) mass is 351 g/mol. The molecule has 2 amide bonds. The Hall–Kier alpha value is -1.35. The molecule has 1 N–H and O–H groups in total. The summed E-state index contributed by atoms with van der Waals surface area (Å²) < 4.78 is 43.8. The minimum atomic E-state index is -4.50. The van der Waals surface area contributed by atoms with E-state index in [9.17, 15) is 18.0 Å². The smallest absolute Gasteiger partial charge is 0.359 e. The summed E-state index contributed by atoms with van der Waals surface area (Å²) in [4.78, 5) is 17.6. The number of urea groups is 1. The third kappa shape index (κ3) is 4.81. The van der Waals surface area contributed by atoms with E-state index in [1.165, 1.54) is 11.3 Å². The number of carbonyl (C=O) groups excluding carboxylic acids is 1. The molecule has 9 heteroatoms. The van der Waals surface area contributed by atoms with Crippen LogP contribution in [0.15, 0.2) is 5.38 Å². The van der Waals surface area contributed by atoms with Crippen LogP contribution in [0.4, 0.5) is 18.0 Å². The molecule has 1 unspecified atom stereocenters. The number of rotatable bonds is 3. The van der Waals surface area contributed by atoms with Crippen LogP contribution in [0.25, 0.3) is 0 Å². The Bertz CT molecular complexity index is 560. The highest BCUT2D eigenvalue weighted by Crippen LogP contribution is 2.31. The molecule has 130 valence electrons. The topological polar surface area (TPSA) is 54.5 Å². The molecule has 0 aliphatic carbocycles. The number of nitrogens with zero attached hydrogens (tertiary/aromatic N) is 2. The van der Waals surface area contributed by atoms with Gasteiger partial charge in [-0.3, -0.25) is 0 Å². The number of aromatic nitrogens is 1. The first-order valence-corrected chi connectivity index (χ1v) is 8.19. The number of hydrogen-bond acceptors (Lipinski definition) is 4. The maximum atomic E-state index is 12.9. The number of alkyl halides is 3. The molecular weight excluding hydrogens is 331 g/mol. The van der Waals surface area contributed by atoms with Crippen LogP contribution in [0.1, 0.15) is 31.5 Å². The number of morpholine rings is 1. The first-order valence-electron chi connectivity index (χ1n) is 7.31. The van der Waals surface area contributed by atoms with Crippen molar-refractivity contribution in [1.82, 2.24) is 15.2 Å². The highest BCUT2D eigenvalue weighted by Gasteiger charge is 2.49. The lowest BCUT2D eigenvalue weighted by Crippen LogP contribution is -2.60. The first-order chi connectivity index (χ1) is 10.6. The fourth-order valence-electron chi connectivity index (χ4n) is 2.38. The van der Waals surface area contributed by atoms with Gasteiger partial charge in [0.1, 0.15) is 0 Å². The molecule has 0 saturated carbocycles. The fourth-order valence-corrected chi connectivity index (χ4v) is 3.12. The third-order valence-corrected chi connectivity index (χ3v) is 4.44. The Morgan fingerprint density at radius 3 is 2.83 bits per heavy atom. The summed E-state index contributed by atoms with van der Waals surface area (Å²) in [5.41, 5.74) is -0.341. The number of amides is 2. The Morgan fingerprint density at radius 1 is 1.57 bits per heavy atom. The maximum Gasteiger partial charge on any atom is 0.416 e. The van der Waals surface area contributed by atoms with Crippen molar-refractivity contribution < 1.29 is 22.7 Å². The normalized spacial score (nSPS) is 21.3. The van der Waals surface area contributed by atoms with Crippen molar-refractivity contribution in [2.45, 2.75) is 51.6 Å². The predicted molar refractivity (Wildman–Crippen MR) is 80.3 cm³/mol. The van der Waals surface area contributed by atoms with E-state index < -0.39 is 30.5 Å². The van der Waals surface area contributed by atoms with Crippen LogP contribution in [-0.4, -0.2) is 46.9 Å². The molecule has 2 heterocycles. The molecule has 2 rings (SSSR count). The summed E-state index contributed by atoms with van der Waals surface area (Å²) in [6, 6.07) is -0.540. The van der Waals surface area contributed by atoms with Crippen molar-refractivity contribution in [3.63, 3.8) is 0 Å². The van der Waals surface area contributed by atoms with Crippen molar-refractivity contribution in [3.05, 3.63) is 16.1 Å². The molecule has 1 saturated heterocycles. The molecule has 0 spiro atoms. The molecule has 0 bridgehead atoms. The summed E-state index contributed by atoms with van der Waals surface area (Å²) in [6.45, 7) is 4.86. The summed E-state index contributed by atoms with van der Waals surface area (Å²) in [5.74, 6) is 0. The van der Waals surface area contributed by atoms with Crippen molar-refractivity contribution in [2.24, 2.45) is 0 Å². The van der Waals surface area contributed by atoms with Gasteiger partial charge in [-0.05, 0) is 20.3 Å². The van der Waals surface area contributed by atoms with Gasteiger partial charge in [0.25, 0.3) is 0 Å².